The highest BCUT2D eigenvalue weighted by Gasteiger charge is 2.38. The SMILES string of the molecule is Cc1cc(F)c(C2(N)CCC2)c(F)c1. The van der Waals surface area contributed by atoms with Crippen molar-refractivity contribution in [3.63, 3.8) is 0 Å². The summed E-state index contributed by atoms with van der Waals surface area (Å²) < 4.78 is 27.0. The number of hydrogen-bond donors (Lipinski definition) is 1. The van der Waals surface area contributed by atoms with Crippen molar-refractivity contribution in [2.45, 2.75) is 31.7 Å². The molecular formula is C11H13F2N. The summed E-state index contributed by atoms with van der Waals surface area (Å²) in [4.78, 5) is 0. The van der Waals surface area contributed by atoms with Crippen LogP contribution in [0.4, 0.5) is 8.78 Å². The number of nitrogens with two attached hydrogens (primary N) is 1. The maximum Gasteiger partial charge on any atom is 0.131 e. The first kappa shape index (κ1) is 9.59. The van der Waals surface area contributed by atoms with Crippen molar-refractivity contribution in [3.05, 3.63) is 34.9 Å². The van der Waals surface area contributed by atoms with Gasteiger partial charge in [0.1, 0.15) is 11.6 Å². The third kappa shape index (κ3) is 1.32. The van der Waals surface area contributed by atoms with Gasteiger partial charge in [0, 0.05) is 11.1 Å². The van der Waals surface area contributed by atoms with Gasteiger partial charge in [-0.15, -0.1) is 0 Å². The lowest BCUT2D eigenvalue weighted by atomic mass is 9.72. The van der Waals surface area contributed by atoms with Gasteiger partial charge in [0.05, 0.1) is 0 Å². The van der Waals surface area contributed by atoms with Crippen molar-refractivity contribution in [1.29, 1.82) is 0 Å². The fraction of sp³-hybridized carbons (Fsp3) is 0.455. The van der Waals surface area contributed by atoms with E-state index in [2.05, 4.69) is 0 Å². The fourth-order valence-electron chi connectivity index (χ4n) is 1.98. The van der Waals surface area contributed by atoms with E-state index in [4.69, 9.17) is 5.73 Å². The molecular weight excluding hydrogens is 184 g/mol. The number of aryl methyl sites for hydroxylation is 1. The molecule has 0 bridgehead atoms. The summed E-state index contributed by atoms with van der Waals surface area (Å²) in [6.45, 7) is 1.67. The molecule has 0 aliphatic heterocycles. The van der Waals surface area contributed by atoms with Crippen LogP contribution in [0.5, 0.6) is 0 Å². The number of halogens is 2. The number of hydrogen-bond acceptors (Lipinski definition) is 1. The second-order valence-electron chi connectivity index (χ2n) is 4.11. The third-order valence-electron chi connectivity index (χ3n) is 2.93. The van der Waals surface area contributed by atoms with Crippen LogP contribution in [-0.2, 0) is 5.54 Å². The van der Waals surface area contributed by atoms with Crippen molar-refractivity contribution < 1.29 is 8.78 Å². The summed E-state index contributed by atoms with van der Waals surface area (Å²) in [6, 6.07) is 2.68. The van der Waals surface area contributed by atoms with Crippen LogP contribution in [-0.4, -0.2) is 0 Å². The summed E-state index contributed by atoms with van der Waals surface area (Å²) in [5.41, 5.74) is 5.79. The molecule has 2 N–H and O–H groups in total. The molecule has 0 heterocycles. The zero-order chi connectivity index (χ0) is 10.3. The van der Waals surface area contributed by atoms with Crippen molar-refractivity contribution in [2.75, 3.05) is 0 Å². The molecule has 0 radical (unpaired) electrons. The van der Waals surface area contributed by atoms with Crippen molar-refractivity contribution in [2.24, 2.45) is 5.73 Å². The smallest absolute Gasteiger partial charge is 0.131 e. The van der Waals surface area contributed by atoms with E-state index in [0.29, 0.717) is 18.4 Å². The Labute approximate surface area is 81.9 Å². The Morgan fingerprint density at radius 2 is 1.71 bits per heavy atom. The molecule has 0 amide bonds. The Morgan fingerprint density at radius 1 is 1.21 bits per heavy atom. The zero-order valence-corrected chi connectivity index (χ0v) is 8.11. The normalized spacial score (nSPS) is 19.1. The Morgan fingerprint density at radius 3 is 2.07 bits per heavy atom. The Kier molecular flexibility index (Phi) is 2.07. The highest BCUT2D eigenvalue weighted by atomic mass is 19.1. The average Bonchev–Trinajstić information content (AvgIpc) is 1.99. The summed E-state index contributed by atoms with van der Waals surface area (Å²) in [6.07, 6.45) is 2.29. The molecule has 3 heteroatoms. The molecule has 0 aromatic heterocycles. The molecule has 1 aliphatic carbocycles. The van der Waals surface area contributed by atoms with Gasteiger partial charge in [0.25, 0.3) is 0 Å². The fourth-order valence-corrected chi connectivity index (χ4v) is 1.98. The van der Waals surface area contributed by atoms with Crippen LogP contribution < -0.4 is 5.73 Å². The summed E-state index contributed by atoms with van der Waals surface area (Å²) in [7, 11) is 0. The van der Waals surface area contributed by atoms with Crippen LogP contribution >= 0.6 is 0 Å². The first-order valence-electron chi connectivity index (χ1n) is 4.78. The molecule has 2 rings (SSSR count). The predicted octanol–water partition coefficient (Wildman–Crippen LogP) is 2.61. The molecule has 1 aromatic carbocycles. The minimum absolute atomic E-state index is 0.0642. The summed E-state index contributed by atoms with van der Waals surface area (Å²) in [5.74, 6) is -1.02. The quantitative estimate of drug-likeness (QED) is 0.735. The van der Waals surface area contributed by atoms with Crippen molar-refractivity contribution in [1.82, 2.24) is 0 Å². The number of rotatable bonds is 1. The standard InChI is InChI=1S/C11H13F2N/c1-7-5-8(12)10(9(13)6-7)11(14)3-2-4-11/h5-6H,2-4,14H2,1H3. The van der Waals surface area contributed by atoms with Gasteiger partial charge in [-0.3, -0.25) is 0 Å². The zero-order valence-electron chi connectivity index (χ0n) is 8.11. The lowest BCUT2D eigenvalue weighted by Crippen LogP contribution is -2.44. The third-order valence-corrected chi connectivity index (χ3v) is 2.93. The molecule has 0 saturated heterocycles. The van der Waals surface area contributed by atoms with E-state index < -0.39 is 17.2 Å². The van der Waals surface area contributed by atoms with Crippen LogP contribution in [0.3, 0.4) is 0 Å². The van der Waals surface area contributed by atoms with Gasteiger partial charge in [-0.1, -0.05) is 0 Å². The Balaban J connectivity index is 2.52. The van der Waals surface area contributed by atoms with Crippen LogP contribution in [0.15, 0.2) is 12.1 Å². The minimum atomic E-state index is -0.762. The molecule has 1 aromatic rings. The maximum atomic E-state index is 13.5. The average molecular weight is 197 g/mol. The van der Waals surface area contributed by atoms with Crippen LogP contribution in [0, 0.1) is 18.6 Å². The molecule has 1 fully saturated rings. The topological polar surface area (TPSA) is 26.0 Å². The monoisotopic (exact) mass is 197 g/mol. The van der Waals surface area contributed by atoms with E-state index in [-0.39, 0.29) is 5.56 Å². The summed E-state index contributed by atoms with van der Waals surface area (Å²) >= 11 is 0. The van der Waals surface area contributed by atoms with Crippen LogP contribution in [0.1, 0.15) is 30.4 Å². The molecule has 0 unspecified atom stereocenters. The largest absolute Gasteiger partial charge is 0.321 e. The molecule has 1 aliphatic rings. The van der Waals surface area contributed by atoms with E-state index in [1.807, 2.05) is 0 Å². The first-order valence-corrected chi connectivity index (χ1v) is 4.78. The van der Waals surface area contributed by atoms with Gasteiger partial charge >= 0.3 is 0 Å². The van der Waals surface area contributed by atoms with E-state index in [1.54, 1.807) is 6.92 Å². The second-order valence-corrected chi connectivity index (χ2v) is 4.11. The molecule has 0 atom stereocenters. The highest BCUT2D eigenvalue weighted by molar-refractivity contribution is 5.32. The predicted molar refractivity (Wildman–Crippen MR) is 50.8 cm³/mol. The molecule has 0 spiro atoms. The maximum absolute atomic E-state index is 13.5. The lowest BCUT2D eigenvalue weighted by molar-refractivity contribution is 0.236. The minimum Gasteiger partial charge on any atom is -0.321 e. The Hall–Kier alpha value is -0.960. The van der Waals surface area contributed by atoms with Crippen molar-refractivity contribution in [3.8, 4) is 0 Å². The summed E-state index contributed by atoms with van der Waals surface area (Å²) in [5, 5.41) is 0. The van der Waals surface area contributed by atoms with E-state index >= 15 is 0 Å². The van der Waals surface area contributed by atoms with Gasteiger partial charge in [0.15, 0.2) is 0 Å². The second kappa shape index (κ2) is 3.02. The Bertz CT molecular complexity index is 347. The van der Waals surface area contributed by atoms with Gasteiger partial charge in [-0.2, -0.15) is 0 Å². The van der Waals surface area contributed by atoms with Gasteiger partial charge in [-0.25, -0.2) is 8.78 Å². The molecule has 1 saturated carbocycles. The first-order chi connectivity index (χ1) is 6.53. The van der Waals surface area contributed by atoms with Gasteiger partial charge in [-0.05, 0) is 43.9 Å². The molecule has 1 nitrogen and oxygen atoms in total. The highest BCUT2D eigenvalue weighted by Crippen LogP contribution is 2.41. The van der Waals surface area contributed by atoms with E-state index in [1.165, 1.54) is 12.1 Å². The van der Waals surface area contributed by atoms with E-state index in [9.17, 15) is 8.78 Å². The number of benzene rings is 1. The van der Waals surface area contributed by atoms with Crippen LogP contribution in [0.25, 0.3) is 0 Å². The van der Waals surface area contributed by atoms with Crippen LogP contribution in [0.2, 0.25) is 0 Å². The van der Waals surface area contributed by atoms with Gasteiger partial charge in [0.2, 0.25) is 0 Å². The van der Waals surface area contributed by atoms with E-state index in [0.717, 1.165) is 6.42 Å². The van der Waals surface area contributed by atoms with Crippen molar-refractivity contribution >= 4 is 0 Å². The molecule has 76 valence electrons. The lowest BCUT2D eigenvalue weighted by Gasteiger charge is -2.38. The molecule has 14 heavy (non-hydrogen) atoms. The van der Waals surface area contributed by atoms with Gasteiger partial charge < -0.3 is 5.73 Å².